The van der Waals surface area contributed by atoms with E-state index in [-0.39, 0.29) is 11.8 Å². The first-order chi connectivity index (χ1) is 9.49. The minimum atomic E-state index is -0.601. The SMILES string of the molecule is CCNC(=O)C(C)NC(=O)c1cc(Cl)ccc1NCC. The van der Waals surface area contributed by atoms with Crippen LogP contribution in [0.25, 0.3) is 0 Å². The van der Waals surface area contributed by atoms with Crippen LogP contribution in [0.1, 0.15) is 31.1 Å². The normalized spacial score (nSPS) is 11.6. The number of hydrogen-bond acceptors (Lipinski definition) is 3. The van der Waals surface area contributed by atoms with Crippen LogP contribution in [-0.4, -0.2) is 30.9 Å². The molecule has 3 N–H and O–H groups in total. The van der Waals surface area contributed by atoms with Gasteiger partial charge in [0, 0.05) is 23.8 Å². The second-order valence-electron chi connectivity index (χ2n) is 4.31. The van der Waals surface area contributed by atoms with E-state index in [1.54, 1.807) is 25.1 Å². The maximum atomic E-state index is 12.2. The molecule has 1 rings (SSSR count). The summed E-state index contributed by atoms with van der Waals surface area (Å²) in [5.41, 5.74) is 1.12. The molecule has 0 heterocycles. The van der Waals surface area contributed by atoms with Gasteiger partial charge in [-0.05, 0) is 39.0 Å². The molecular formula is C14H20ClN3O2. The van der Waals surface area contributed by atoms with Crippen molar-refractivity contribution in [2.75, 3.05) is 18.4 Å². The van der Waals surface area contributed by atoms with Gasteiger partial charge in [-0.25, -0.2) is 0 Å². The molecule has 0 aliphatic carbocycles. The van der Waals surface area contributed by atoms with Gasteiger partial charge in [0.05, 0.1) is 5.56 Å². The molecular weight excluding hydrogens is 278 g/mol. The number of nitrogens with one attached hydrogen (secondary N) is 3. The minimum Gasteiger partial charge on any atom is -0.385 e. The molecule has 2 amide bonds. The highest BCUT2D eigenvalue weighted by Gasteiger charge is 2.18. The van der Waals surface area contributed by atoms with Crippen molar-refractivity contribution in [1.82, 2.24) is 10.6 Å². The number of carbonyl (C=O) groups excluding carboxylic acids is 2. The highest BCUT2D eigenvalue weighted by atomic mass is 35.5. The highest BCUT2D eigenvalue weighted by molar-refractivity contribution is 6.31. The predicted molar refractivity (Wildman–Crippen MR) is 81.2 cm³/mol. The summed E-state index contributed by atoms with van der Waals surface area (Å²) in [5.74, 6) is -0.546. The fraction of sp³-hybridized carbons (Fsp3) is 0.429. The number of benzene rings is 1. The van der Waals surface area contributed by atoms with Crippen LogP contribution in [0.2, 0.25) is 5.02 Å². The van der Waals surface area contributed by atoms with Crippen molar-refractivity contribution in [3.63, 3.8) is 0 Å². The van der Waals surface area contributed by atoms with Crippen LogP contribution in [-0.2, 0) is 4.79 Å². The molecule has 0 radical (unpaired) electrons. The molecule has 5 nitrogen and oxygen atoms in total. The molecule has 0 fully saturated rings. The summed E-state index contributed by atoms with van der Waals surface area (Å²) >= 11 is 5.92. The summed E-state index contributed by atoms with van der Waals surface area (Å²) in [5, 5.41) is 8.88. The number of halogens is 1. The number of rotatable bonds is 6. The molecule has 1 unspecified atom stereocenters. The average Bonchev–Trinajstić information content (AvgIpc) is 2.41. The Morgan fingerprint density at radius 1 is 1.25 bits per heavy atom. The van der Waals surface area contributed by atoms with E-state index in [0.717, 1.165) is 0 Å². The number of amides is 2. The van der Waals surface area contributed by atoms with E-state index in [9.17, 15) is 9.59 Å². The van der Waals surface area contributed by atoms with Crippen molar-refractivity contribution in [2.24, 2.45) is 0 Å². The van der Waals surface area contributed by atoms with E-state index in [1.807, 2.05) is 13.8 Å². The van der Waals surface area contributed by atoms with Crippen molar-refractivity contribution >= 4 is 29.1 Å². The summed E-state index contributed by atoms with van der Waals surface area (Å²) in [4.78, 5) is 23.8. The van der Waals surface area contributed by atoms with Crippen LogP contribution in [0.5, 0.6) is 0 Å². The van der Waals surface area contributed by atoms with Crippen molar-refractivity contribution < 1.29 is 9.59 Å². The molecule has 110 valence electrons. The monoisotopic (exact) mass is 297 g/mol. The van der Waals surface area contributed by atoms with Gasteiger partial charge in [-0.2, -0.15) is 0 Å². The topological polar surface area (TPSA) is 70.2 Å². The summed E-state index contributed by atoms with van der Waals surface area (Å²) in [6.07, 6.45) is 0. The first-order valence-corrected chi connectivity index (χ1v) is 6.99. The zero-order valence-electron chi connectivity index (χ0n) is 11.9. The molecule has 1 aromatic carbocycles. The van der Waals surface area contributed by atoms with Gasteiger partial charge >= 0.3 is 0 Å². The standard InChI is InChI=1S/C14H20ClN3O2/c1-4-16-12-7-6-10(15)8-11(12)14(20)18-9(3)13(19)17-5-2/h6-9,16H,4-5H2,1-3H3,(H,17,19)(H,18,20). The van der Waals surface area contributed by atoms with Crippen molar-refractivity contribution in [1.29, 1.82) is 0 Å². The summed E-state index contributed by atoms with van der Waals surface area (Å²) in [6.45, 7) is 6.62. The van der Waals surface area contributed by atoms with Gasteiger partial charge in [-0.3, -0.25) is 9.59 Å². The third-order valence-corrected chi connectivity index (χ3v) is 2.92. The van der Waals surface area contributed by atoms with Crippen molar-refractivity contribution in [3.05, 3.63) is 28.8 Å². The molecule has 0 spiro atoms. The number of hydrogen-bond donors (Lipinski definition) is 3. The zero-order chi connectivity index (χ0) is 15.1. The first kappa shape index (κ1) is 16.3. The Bertz CT molecular complexity index is 491. The maximum absolute atomic E-state index is 12.2. The molecule has 0 aliphatic heterocycles. The molecule has 0 aromatic heterocycles. The third-order valence-electron chi connectivity index (χ3n) is 2.69. The third kappa shape index (κ3) is 4.42. The Morgan fingerprint density at radius 2 is 1.95 bits per heavy atom. The Morgan fingerprint density at radius 3 is 2.55 bits per heavy atom. The lowest BCUT2D eigenvalue weighted by atomic mass is 10.1. The van der Waals surface area contributed by atoms with E-state index in [1.165, 1.54) is 0 Å². The van der Waals surface area contributed by atoms with Gasteiger partial charge in [0.1, 0.15) is 6.04 Å². The Balaban J connectivity index is 2.86. The van der Waals surface area contributed by atoms with Crippen LogP contribution in [0.4, 0.5) is 5.69 Å². The number of carbonyl (C=O) groups is 2. The Hall–Kier alpha value is -1.75. The Kier molecular flexibility index (Phi) is 6.31. The van der Waals surface area contributed by atoms with Gasteiger partial charge in [-0.1, -0.05) is 11.6 Å². The fourth-order valence-corrected chi connectivity index (χ4v) is 1.89. The minimum absolute atomic E-state index is 0.215. The van der Waals surface area contributed by atoms with E-state index < -0.39 is 6.04 Å². The summed E-state index contributed by atoms with van der Waals surface area (Å²) < 4.78 is 0. The molecule has 1 aromatic rings. The average molecular weight is 298 g/mol. The van der Waals surface area contributed by atoms with Crippen LogP contribution >= 0.6 is 11.6 Å². The van der Waals surface area contributed by atoms with Gasteiger partial charge in [0.25, 0.3) is 5.91 Å². The van der Waals surface area contributed by atoms with Crippen molar-refractivity contribution in [3.8, 4) is 0 Å². The Labute approximate surface area is 124 Å². The molecule has 1 atom stereocenters. The lowest BCUT2D eigenvalue weighted by molar-refractivity contribution is -0.122. The molecule has 6 heteroatoms. The van der Waals surface area contributed by atoms with E-state index in [2.05, 4.69) is 16.0 Å². The molecule has 0 saturated heterocycles. The fourth-order valence-electron chi connectivity index (χ4n) is 1.72. The van der Waals surface area contributed by atoms with Gasteiger partial charge in [0.15, 0.2) is 0 Å². The lowest BCUT2D eigenvalue weighted by Gasteiger charge is -2.15. The quantitative estimate of drug-likeness (QED) is 0.752. The van der Waals surface area contributed by atoms with Crippen LogP contribution in [0.15, 0.2) is 18.2 Å². The van der Waals surface area contributed by atoms with Gasteiger partial charge in [0.2, 0.25) is 5.91 Å². The smallest absolute Gasteiger partial charge is 0.254 e. The zero-order valence-corrected chi connectivity index (χ0v) is 12.7. The van der Waals surface area contributed by atoms with Gasteiger partial charge < -0.3 is 16.0 Å². The molecule has 0 bridgehead atoms. The summed E-state index contributed by atoms with van der Waals surface area (Å²) in [7, 11) is 0. The van der Waals surface area contributed by atoms with Gasteiger partial charge in [-0.15, -0.1) is 0 Å². The second-order valence-corrected chi connectivity index (χ2v) is 4.75. The lowest BCUT2D eigenvalue weighted by Crippen LogP contribution is -2.44. The van der Waals surface area contributed by atoms with Crippen LogP contribution in [0, 0.1) is 0 Å². The van der Waals surface area contributed by atoms with E-state index in [0.29, 0.717) is 29.4 Å². The van der Waals surface area contributed by atoms with Crippen LogP contribution in [0.3, 0.4) is 0 Å². The highest BCUT2D eigenvalue weighted by Crippen LogP contribution is 2.20. The largest absolute Gasteiger partial charge is 0.385 e. The van der Waals surface area contributed by atoms with Crippen molar-refractivity contribution in [2.45, 2.75) is 26.8 Å². The molecule has 0 saturated carbocycles. The molecule has 20 heavy (non-hydrogen) atoms. The van der Waals surface area contributed by atoms with E-state index in [4.69, 9.17) is 11.6 Å². The summed E-state index contributed by atoms with van der Waals surface area (Å²) in [6, 6.07) is 4.44. The first-order valence-electron chi connectivity index (χ1n) is 6.61. The number of anilines is 1. The van der Waals surface area contributed by atoms with E-state index >= 15 is 0 Å². The number of likely N-dealkylation sites (N-methyl/N-ethyl adjacent to an activating group) is 1. The molecule has 0 aliphatic rings. The second kappa shape index (κ2) is 7.75. The van der Waals surface area contributed by atoms with Crippen LogP contribution < -0.4 is 16.0 Å². The predicted octanol–water partition coefficient (Wildman–Crippen LogP) is 2.03. The maximum Gasteiger partial charge on any atom is 0.254 e.